The molecule has 0 unspecified atom stereocenters. The van der Waals surface area contributed by atoms with Gasteiger partial charge in [0.05, 0.1) is 13.2 Å². The van der Waals surface area contributed by atoms with E-state index >= 15 is 0 Å². The van der Waals surface area contributed by atoms with Gasteiger partial charge in [0.15, 0.2) is 11.5 Å². The van der Waals surface area contributed by atoms with Gasteiger partial charge in [-0.25, -0.2) is 9.97 Å². The molecule has 2 N–H and O–H groups in total. The number of benzene rings is 1. The van der Waals surface area contributed by atoms with Gasteiger partial charge in [0.1, 0.15) is 18.0 Å². The van der Waals surface area contributed by atoms with Gasteiger partial charge in [0.25, 0.3) is 0 Å². The normalized spacial score (nSPS) is 16.6. The summed E-state index contributed by atoms with van der Waals surface area (Å²) in [5, 5.41) is 6.60. The molecule has 3 heterocycles. The minimum absolute atomic E-state index is 0.267. The molecule has 1 aromatic heterocycles. The lowest BCUT2D eigenvalue weighted by Gasteiger charge is -2.26. The van der Waals surface area contributed by atoms with Gasteiger partial charge in [-0.3, -0.25) is 4.90 Å². The molecule has 8 heteroatoms. The molecule has 8 nitrogen and oxygen atoms in total. The van der Waals surface area contributed by atoms with E-state index in [1.165, 1.54) is 0 Å². The van der Waals surface area contributed by atoms with Crippen LogP contribution < -0.4 is 20.1 Å². The quantitative estimate of drug-likeness (QED) is 0.820. The lowest BCUT2D eigenvalue weighted by atomic mass is 10.3. The molecule has 0 spiro atoms. The fourth-order valence-corrected chi connectivity index (χ4v) is 2.81. The molecule has 25 heavy (non-hydrogen) atoms. The van der Waals surface area contributed by atoms with Crippen molar-refractivity contribution in [2.75, 3.05) is 56.8 Å². The Morgan fingerprint density at radius 1 is 1.00 bits per heavy atom. The lowest BCUT2D eigenvalue weighted by molar-refractivity contribution is 0.0398. The summed E-state index contributed by atoms with van der Waals surface area (Å²) in [6.07, 6.45) is 1.55. The summed E-state index contributed by atoms with van der Waals surface area (Å²) in [4.78, 5) is 10.9. The van der Waals surface area contributed by atoms with Crippen LogP contribution in [-0.2, 0) is 4.74 Å². The zero-order valence-electron chi connectivity index (χ0n) is 13.9. The molecule has 0 saturated carbocycles. The summed E-state index contributed by atoms with van der Waals surface area (Å²) in [6.45, 7) is 5.68. The van der Waals surface area contributed by atoms with Crippen molar-refractivity contribution >= 4 is 17.3 Å². The number of aromatic nitrogens is 2. The fraction of sp³-hybridized carbons (Fsp3) is 0.412. The number of ether oxygens (including phenoxy) is 3. The largest absolute Gasteiger partial charge is 0.454 e. The molecule has 2 aliphatic rings. The molecule has 0 amide bonds. The molecule has 0 atom stereocenters. The van der Waals surface area contributed by atoms with Crippen LogP contribution in [0.5, 0.6) is 11.5 Å². The Hall–Kier alpha value is -2.58. The monoisotopic (exact) mass is 343 g/mol. The van der Waals surface area contributed by atoms with E-state index in [9.17, 15) is 0 Å². The Labute approximate surface area is 146 Å². The van der Waals surface area contributed by atoms with Crippen LogP contribution in [-0.4, -0.2) is 61.1 Å². The first-order chi connectivity index (χ1) is 12.4. The first-order valence-electron chi connectivity index (χ1n) is 8.39. The second-order valence-corrected chi connectivity index (χ2v) is 5.86. The number of nitrogens with zero attached hydrogens (tertiary/aromatic N) is 3. The number of nitrogens with one attached hydrogen (secondary N) is 2. The third-order valence-corrected chi connectivity index (χ3v) is 4.15. The van der Waals surface area contributed by atoms with E-state index in [4.69, 9.17) is 14.2 Å². The van der Waals surface area contributed by atoms with Gasteiger partial charge in [-0.2, -0.15) is 0 Å². The zero-order valence-corrected chi connectivity index (χ0v) is 13.9. The van der Waals surface area contributed by atoms with Crippen LogP contribution in [0.4, 0.5) is 17.3 Å². The van der Waals surface area contributed by atoms with Crippen LogP contribution in [0.15, 0.2) is 30.6 Å². The van der Waals surface area contributed by atoms with Crippen molar-refractivity contribution < 1.29 is 14.2 Å². The smallest absolute Gasteiger partial charge is 0.231 e. The molecule has 1 saturated heterocycles. The molecule has 0 aliphatic carbocycles. The number of anilines is 3. The summed E-state index contributed by atoms with van der Waals surface area (Å²) < 4.78 is 16.1. The summed E-state index contributed by atoms with van der Waals surface area (Å²) >= 11 is 0. The van der Waals surface area contributed by atoms with Crippen LogP contribution in [0, 0.1) is 0 Å². The maximum absolute atomic E-state index is 5.39. The third-order valence-electron chi connectivity index (χ3n) is 4.15. The summed E-state index contributed by atoms with van der Waals surface area (Å²) in [5.41, 5.74) is 0.891. The fourth-order valence-electron chi connectivity index (χ4n) is 2.81. The van der Waals surface area contributed by atoms with E-state index < -0.39 is 0 Å². The predicted molar refractivity (Wildman–Crippen MR) is 93.6 cm³/mol. The van der Waals surface area contributed by atoms with E-state index in [2.05, 4.69) is 25.5 Å². The van der Waals surface area contributed by atoms with Crippen molar-refractivity contribution in [2.45, 2.75) is 0 Å². The molecular formula is C17H21N5O3. The Morgan fingerprint density at radius 3 is 2.76 bits per heavy atom. The van der Waals surface area contributed by atoms with E-state index in [0.29, 0.717) is 0 Å². The van der Waals surface area contributed by atoms with Crippen LogP contribution in [0.25, 0.3) is 0 Å². The first-order valence-corrected chi connectivity index (χ1v) is 8.39. The maximum Gasteiger partial charge on any atom is 0.231 e. The van der Waals surface area contributed by atoms with Gasteiger partial charge < -0.3 is 24.8 Å². The van der Waals surface area contributed by atoms with E-state index in [0.717, 1.165) is 68.2 Å². The van der Waals surface area contributed by atoms with Crippen molar-refractivity contribution in [2.24, 2.45) is 0 Å². The van der Waals surface area contributed by atoms with E-state index in [1.807, 2.05) is 24.3 Å². The van der Waals surface area contributed by atoms with Gasteiger partial charge in [-0.05, 0) is 12.1 Å². The third kappa shape index (κ3) is 4.09. The van der Waals surface area contributed by atoms with Crippen LogP contribution in [0.1, 0.15) is 0 Å². The minimum Gasteiger partial charge on any atom is -0.454 e. The van der Waals surface area contributed by atoms with Crippen molar-refractivity contribution in [3.8, 4) is 11.5 Å². The standard InChI is InChI=1S/C17H21N5O3/c1-2-14-15(25-12-24-14)9-13(1)21-17-10-16(19-11-20-17)18-3-4-22-5-7-23-8-6-22/h1-2,9-11H,3-8,12H2,(H2,18,19,20,21). The number of fused-ring (bicyclic) bond motifs is 1. The maximum atomic E-state index is 5.39. The van der Waals surface area contributed by atoms with Crippen molar-refractivity contribution in [3.63, 3.8) is 0 Å². The SMILES string of the molecule is c1nc(NCCN2CCOCC2)cc(Nc2ccc3c(c2)OCO3)n1. The molecule has 0 radical (unpaired) electrons. The molecule has 0 bridgehead atoms. The van der Waals surface area contributed by atoms with Gasteiger partial charge in [-0.1, -0.05) is 0 Å². The van der Waals surface area contributed by atoms with Crippen LogP contribution in [0.2, 0.25) is 0 Å². The average Bonchev–Trinajstić information content (AvgIpc) is 3.11. The molecule has 2 aromatic rings. The van der Waals surface area contributed by atoms with Gasteiger partial charge in [0, 0.05) is 44.0 Å². The van der Waals surface area contributed by atoms with Gasteiger partial charge in [0.2, 0.25) is 6.79 Å². The van der Waals surface area contributed by atoms with Gasteiger partial charge in [-0.15, -0.1) is 0 Å². The lowest BCUT2D eigenvalue weighted by Crippen LogP contribution is -2.39. The summed E-state index contributed by atoms with van der Waals surface area (Å²) in [5.74, 6) is 3.02. The van der Waals surface area contributed by atoms with Crippen molar-refractivity contribution in [3.05, 3.63) is 30.6 Å². The second kappa shape index (κ2) is 7.54. The Bertz CT molecular complexity index is 721. The molecular weight excluding hydrogens is 322 g/mol. The average molecular weight is 343 g/mol. The topological polar surface area (TPSA) is 80.8 Å². The van der Waals surface area contributed by atoms with Crippen molar-refractivity contribution in [1.82, 2.24) is 14.9 Å². The highest BCUT2D eigenvalue weighted by atomic mass is 16.7. The number of morpholine rings is 1. The Kier molecular flexibility index (Phi) is 4.80. The van der Waals surface area contributed by atoms with Gasteiger partial charge >= 0.3 is 0 Å². The van der Waals surface area contributed by atoms with Crippen LogP contribution >= 0.6 is 0 Å². The van der Waals surface area contributed by atoms with E-state index in [-0.39, 0.29) is 6.79 Å². The molecule has 132 valence electrons. The molecule has 1 aromatic carbocycles. The predicted octanol–water partition coefficient (Wildman–Crippen LogP) is 1.69. The second-order valence-electron chi connectivity index (χ2n) is 5.86. The minimum atomic E-state index is 0.267. The number of rotatable bonds is 6. The highest BCUT2D eigenvalue weighted by molar-refractivity contribution is 5.63. The first kappa shape index (κ1) is 15.9. The highest BCUT2D eigenvalue weighted by Gasteiger charge is 2.13. The highest BCUT2D eigenvalue weighted by Crippen LogP contribution is 2.34. The molecule has 4 rings (SSSR count). The molecule has 1 fully saturated rings. The van der Waals surface area contributed by atoms with E-state index in [1.54, 1.807) is 6.33 Å². The van der Waals surface area contributed by atoms with Crippen molar-refractivity contribution in [1.29, 1.82) is 0 Å². The summed E-state index contributed by atoms with van der Waals surface area (Å²) in [6, 6.07) is 7.61. The molecule has 2 aliphatic heterocycles. The summed E-state index contributed by atoms with van der Waals surface area (Å²) in [7, 11) is 0. The zero-order chi connectivity index (χ0) is 16.9. The van der Waals surface area contributed by atoms with Crippen LogP contribution in [0.3, 0.4) is 0 Å². The Morgan fingerprint density at radius 2 is 1.84 bits per heavy atom. The Balaban J connectivity index is 1.33. The number of hydrogen-bond acceptors (Lipinski definition) is 8. The number of hydrogen-bond donors (Lipinski definition) is 2.